The van der Waals surface area contributed by atoms with Gasteiger partial charge in [0.1, 0.15) is 0 Å². The maximum atomic E-state index is 12.4. The Bertz CT molecular complexity index is 471. The minimum atomic E-state index is -0.548. The molecule has 0 aliphatic carbocycles. The van der Waals surface area contributed by atoms with E-state index in [1.54, 1.807) is 7.05 Å². The number of rotatable bonds is 7. The number of carbonyl (C=O) groups is 2. The molecule has 2 unspecified atom stereocenters. The van der Waals surface area contributed by atoms with Gasteiger partial charge < -0.3 is 10.6 Å². The monoisotopic (exact) mass is 290 g/mol. The lowest BCUT2D eigenvalue weighted by atomic mass is 9.99. The molecule has 0 aliphatic heterocycles. The van der Waals surface area contributed by atoms with Crippen LogP contribution in [0.4, 0.5) is 0 Å². The summed E-state index contributed by atoms with van der Waals surface area (Å²) in [4.78, 5) is 25.8. The summed E-state index contributed by atoms with van der Waals surface area (Å²) < 4.78 is 0. The van der Waals surface area contributed by atoms with Crippen molar-refractivity contribution in [1.29, 1.82) is 0 Å². The molecule has 0 bridgehead atoms. The van der Waals surface area contributed by atoms with Crippen LogP contribution in [0.5, 0.6) is 0 Å². The molecule has 0 heterocycles. The van der Waals surface area contributed by atoms with Crippen LogP contribution in [0.2, 0.25) is 0 Å². The third-order valence-electron chi connectivity index (χ3n) is 3.60. The Labute approximate surface area is 127 Å². The summed E-state index contributed by atoms with van der Waals surface area (Å²) in [5, 5.41) is 0. The second kappa shape index (κ2) is 7.93. The van der Waals surface area contributed by atoms with E-state index < -0.39 is 12.1 Å². The highest BCUT2D eigenvalue weighted by Gasteiger charge is 2.28. The van der Waals surface area contributed by atoms with Gasteiger partial charge in [-0.05, 0) is 31.2 Å². The predicted octanol–water partition coefficient (Wildman–Crippen LogP) is 2.02. The highest BCUT2D eigenvalue weighted by atomic mass is 16.2. The number of likely N-dealkylation sites (N-methyl/N-ethyl adjacent to an activating group) is 1. The molecule has 0 spiro atoms. The third kappa shape index (κ3) is 5.31. The zero-order valence-electron chi connectivity index (χ0n) is 13.4. The third-order valence-corrected chi connectivity index (χ3v) is 3.60. The van der Waals surface area contributed by atoms with Crippen molar-refractivity contribution in [2.75, 3.05) is 7.05 Å². The van der Waals surface area contributed by atoms with Crippen molar-refractivity contribution in [3.05, 3.63) is 35.9 Å². The van der Waals surface area contributed by atoms with Crippen LogP contribution in [-0.4, -0.2) is 35.7 Å². The van der Waals surface area contributed by atoms with E-state index >= 15 is 0 Å². The Morgan fingerprint density at radius 3 is 2.24 bits per heavy atom. The molecule has 4 nitrogen and oxygen atoms in total. The van der Waals surface area contributed by atoms with E-state index in [9.17, 15) is 9.59 Å². The first-order valence-corrected chi connectivity index (χ1v) is 7.39. The normalized spacial score (nSPS) is 13.8. The molecule has 0 aliphatic rings. The molecule has 0 saturated heterocycles. The average Bonchev–Trinajstić information content (AvgIpc) is 2.43. The number of carbonyl (C=O) groups excluding carboxylic acids is 2. The van der Waals surface area contributed by atoms with Crippen LogP contribution < -0.4 is 5.73 Å². The van der Waals surface area contributed by atoms with Gasteiger partial charge in [-0.25, -0.2) is 0 Å². The first-order chi connectivity index (χ1) is 9.82. The summed E-state index contributed by atoms with van der Waals surface area (Å²) in [6, 6.07) is 8.70. The van der Waals surface area contributed by atoms with Crippen molar-refractivity contribution >= 4 is 11.7 Å². The van der Waals surface area contributed by atoms with Crippen molar-refractivity contribution in [2.24, 2.45) is 11.7 Å². The number of hydrogen-bond acceptors (Lipinski definition) is 3. The smallest absolute Gasteiger partial charge is 0.239 e. The van der Waals surface area contributed by atoms with Gasteiger partial charge in [-0.15, -0.1) is 0 Å². The number of nitrogens with zero attached hydrogens (tertiary/aromatic N) is 1. The quantitative estimate of drug-likeness (QED) is 0.835. The summed E-state index contributed by atoms with van der Waals surface area (Å²) in [6.07, 6.45) is 1.14. The first kappa shape index (κ1) is 17.4. The molecule has 4 heteroatoms. The van der Waals surface area contributed by atoms with Crippen LogP contribution in [-0.2, 0) is 16.0 Å². The number of benzene rings is 1. The van der Waals surface area contributed by atoms with E-state index in [2.05, 4.69) is 0 Å². The van der Waals surface area contributed by atoms with Gasteiger partial charge in [0.2, 0.25) is 5.91 Å². The van der Waals surface area contributed by atoms with E-state index in [1.807, 2.05) is 44.2 Å². The second-order valence-electron chi connectivity index (χ2n) is 6.00. The van der Waals surface area contributed by atoms with Crippen molar-refractivity contribution in [1.82, 2.24) is 4.90 Å². The highest BCUT2D eigenvalue weighted by Crippen LogP contribution is 2.12. The van der Waals surface area contributed by atoms with Crippen LogP contribution in [0.1, 0.15) is 32.8 Å². The Balaban J connectivity index is 2.80. The molecule has 0 fully saturated rings. The Kier molecular flexibility index (Phi) is 6.56. The minimum absolute atomic E-state index is 0.0218. The molecule has 21 heavy (non-hydrogen) atoms. The highest BCUT2D eigenvalue weighted by molar-refractivity contribution is 5.89. The molecule has 0 aromatic heterocycles. The lowest BCUT2D eigenvalue weighted by Crippen LogP contribution is -2.50. The van der Waals surface area contributed by atoms with Gasteiger partial charge in [-0.3, -0.25) is 9.59 Å². The van der Waals surface area contributed by atoms with Gasteiger partial charge in [0.25, 0.3) is 0 Å². The van der Waals surface area contributed by atoms with Crippen LogP contribution in [0.3, 0.4) is 0 Å². The van der Waals surface area contributed by atoms with Gasteiger partial charge in [0.15, 0.2) is 5.78 Å². The lowest BCUT2D eigenvalue weighted by Gasteiger charge is -2.29. The fourth-order valence-electron chi connectivity index (χ4n) is 2.41. The maximum absolute atomic E-state index is 12.4. The van der Waals surface area contributed by atoms with Gasteiger partial charge in [-0.1, -0.05) is 44.2 Å². The maximum Gasteiger partial charge on any atom is 0.239 e. The van der Waals surface area contributed by atoms with E-state index in [0.717, 1.165) is 5.56 Å². The zero-order valence-corrected chi connectivity index (χ0v) is 13.4. The van der Waals surface area contributed by atoms with Gasteiger partial charge in [0.05, 0.1) is 12.1 Å². The molecule has 0 saturated carbocycles. The molecular formula is C17H26N2O2. The van der Waals surface area contributed by atoms with Crippen molar-refractivity contribution in [2.45, 2.75) is 45.7 Å². The summed E-state index contributed by atoms with van der Waals surface area (Å²) in [6.45, 7) is 5.57. The Morgan fingerprint density at radius 1 is 1.19 bits per heavy atom. The molecule has 1 rings (SSSR count). The van der Waals surface area contributed by atoms with E-state index in [0.29, 0.717) is 18.8 Å². The summed E-state index contributed by atoms with van der Waals surface area (Å²) in [7, 11) is 1.66. The molecule has 2 atom stereocenters. The van der Waals surface area contributed by atoms with Gasteiger partial charge >= 0.3 is 0 Å². The van der Waals surface area contributed by atoms with E-state index in [-0.39, 0.29) is 11.7 Å². The van der Waals surface area contributed by atoms with Crippen molar-refractivity contribution in [3.63, 3.8) is 0 Å². The second-order valence-corrected chi connectivity index (χ2v) is 6.00. The fourth-order valence-corrected chi connectivity index (χ4v) is 2.41. The molecule has 2 N–H and O–H groups in total. The van der Waals surface area contributed by atoms with Crippen molar-refractivity contribution in [3.8, 4) is 0 Å². The molecular weight excluding hydrogens is 264 g/mol. The summed E-state index contributed by atoms with van der Waals surface area (Å²) in [5.41, 5.74) is 6.98. The largest absolute Gasteiger partial charge is 0.334 e. The van der Waals surface area contributed by atoms with Crippen LogP contribution in [0, 0.1) is 5.92 Å². The zero-order chi connectivity index (χ0) is 16.0. The molecule has 0 radical (unpaired) electrons. The number of ketones is 1. The Hall–Kier alpha value is -1.68. The number of hydrogen-bond donors (Lipinski definition) is 1. The van der Waals surface area contributed by atoms with Crippen LogP contribution in [0.25, 0.3) is 0 Å². The van der Waals surface area contributed by atoms with E-state index in [1.165, 1.54) is 11.8 Å². The number of amides is 1. The van der Waals surface area contributed by atoms with E-state index in [4.69, 9.17) is 5.73 Å². The SMILES string of the molecule is CC(=O)C(Cc1ccccc1)N(C)C(=O)C(N)CC(C)C. The minimum Gasteiger partial charge on any atom is -0.334 e. The fraction of sp³-hybridized carbons (Fsp3) is 0.529. The predicted molar refractivity (Wildman–Crippen MR) is 84.8 cm³/mol. The van der Waals surface area contributed by atoms with Gasteiger partial charge in [-0.2, -0.15) is 0 Å². The topological polar surface area (TPSA) is 63.4 Å². The summed E-state index contributed by atoms with van der Waals surface area (Å²) in [5.74, 6) is 0.161. The standard InChI is InChI=1S/C17H26N2O2/c1-12(2)10-15(18)17(21)19(4)16(13(3)20)11-14-8-6-5-7-9-14/h5-9,12,15-16H,10-11,18H2,1-4H3. The molecule has 116 valence electrons. The van der Waals surface area contributed by atoms with Crippen LogP contribution >= 0.6 is 0 Å². The average molecular weight is 290 g/mol. The number of Topliss-reactive ketones (excluding diaryl/α,β-unsaturated/α-hetero) is 1. The summed E-state index contributed by atoms with van der Waals surface area (Å²) >= 11 is 0. The molecule has 1 aromatic rings. The van der Waals surface area contributed by atoms with Gasteiger partial charge in [0, 0.05) is 7.05 Å². The first-order valence-electron chi connectivity index (χ1n) is 7.39. The lowest BCUT2D eigenvalue weighted by molar-refractivity contribution is -0.138. The molecule has 1 amide bonds. The van der Waals surface area contributed by atoms with Crippen molar-refractivity contribution < 1.29 is 9.59 Å². The Morgan fingerprint density at radius 2 is 1.76 bits per heavy atom. The molecule has 1 aromatic carbocycles. The number of nitrogens with two attached hydrogens (primary N) is 1. The van der Waals surface area contributed by atoms with Crippen LogP contribution in [0.15, 0.2) is 30.3 Å².